The average molecular weight is 397 g/mol. The maximum atomic E-state index is 12.9. The van der Waals surface area contributed by atoms with Gasteiger partial charge in [0.2, 0.25) is 0 Å². The molecule has 1 aliphatic heterocycles. The van der Waals surface area contributed by atoms with Crippen LogP contribution in [0, 0.1) is 0 Å². The molecule has 0 spiro atoms. The average Bonchev–Trinajstić information content (AvgIpc) is 3.31. The summed E-state index contributed by atoms with van der Waals surface area (Å²) < 4.78 is 13.0. The smallest absolute Gasteiger partial charge is 0.262 e. The Morgan fingerprint density at radius 1 is 1.25 bits per heavy atom. The molecule has 5 nitrogen and oxygen atoms in total. The van der Waals surface area contributed by atoms with Gasteiger partial charge in [0.15, 0.2) is 11.5 Å². The lowest BCUT2D eigenvalue weighted by atomic mass is 10.1. The van der Waals surface area contributed by atoms with Crippen molar-refractivity contribution in [3.8, 4) is 11.5 Å². The molecule has 4 rings (SSSR count). The Balaban J connectivity index is 1.73. The van der Waals surface area contributed by atoms with Gasteiger partial charge in [-0.15, -0.1) is 11.3 Å². The molecule has 1 aliphatic rings. The Morgan fingerprint density at radius 2 is 2.11 bits per heavy atom. The van der Waals surface area contributed by atoms with Gasteiger partial charge in [-0.1, -0.05) is 19.9 Å². The number of aromatic nitrogens is 2. The number of nitrogens with zero attached hydrogens (tertiary/aromatic N) is 2. The SMILES string of the molecule is CCCOc1ccc(/C=C2\CCn3c2nc2sc(CC)cc2c3=O)cc1OC. The molecule has 0 saturated carbocycles. The molecule has 3 heterocycles. The lowest BCUT2D eigenvalue weighted by Crippen LogP contribution is -2.19. The molecule has 0 unspecified atom stereocenters. The molecular formula is C22H24N2O3S. The Hall–Kier alpha value is -2.60. The third kappa shape index (κ3) is 3.33. The molecule has 0 fully saturated rings. The summed E-state index contributed by atoms with van der Waals surface area (Å²) in [5, 5.41) is 0.742. The van der Waals surface area contributed by atoms with Crippen molar-refractivity contribution in [2.45, 2.75) is 39.7 Å². The monoisotopic (exact) mass is 396 g/mol. The fourth-order valence-electron chi connectivity index (χ4n) is 3.48. The van der Waals surface area contributed by atoms with Gasteiger partial charge >= 0.3 is 0 Å². The second-order valence-electron chi connectivity index (χ2n) is 6.86. The quantitative estimate of drug-likeness (QED) is 0.603. The van der Waals surface area contributed by atoms with Crippen LogP contribution in [0.15, 0.2) is 29.1 Å². The van der Waals surface area contributed by atoms with Gasteiger partial charge in [-0.05, 0) is 54.7 Å². The van der Waals surface area contributed by atoms with Crippen LogP contribution in [0.5, 0.6) is 11.5 Å². The number of benzene rings is 1. The number of thiophene rings is 1. The van der Waals surface area contributed by atoms with Crippen molar-refractivity contribution in [2.75, 3.05) is 13.7 Å². The Labute approximate surface area is 168 Å². The van der Waals surface area contributed by atoms with E-state index in [1.165, 1.54) is 4.88 Å². The molecule has 6 heteroatoms. The first-order valence-electron chi connectivity index (χ1n) is 9.69. The van der Waals surface area contributed by atoms with E-state index >= 15 is 0 Å². The zero-order chi connectivity index (χ0) is 19.7. The highest BCUT2D eigenvalue weighted by molar-refractivity contribution is 7.18. The predicted molar refractivity (Wildman–Crippen MR) is 115 cm³/mol. The molecule has 0 saturated heterocycles. The lowest BCUT2D eigenvalue weighted by Gasteiger charge is -2.11. The van der Waals surface area contributed by atoms with Gasteiger partial charge in [-0.25, -0.2) is 4.98 Å². The molecule has 3 aromatic rings. The maximum Gasteiger partial charge on any atom is 0.262 e. The first-order chi connectivity index (χ1) is 13.6. The van der Waals surface area contributed by atoms with E-state index in [1.54, 1.807) is 23.0 Å². The summed E-state index contributed by atoms with van der Waals surface area (Å²) in [4.78, 5) is 19.7. The Bertz CT molecular complexity index is 1110. The standard InChI is InChI=1S/C22H24N2O3S/c1-4-10-27-18-7-6-14(12-19(18)26-3)11-15-8-9-24-20(15)23-21-17(22(24)25)13-16(5-2)28-21/h6-7,11-13H,4-5,8-10H2,1-3H3/b15-11+. The van der Waals surface area contributed by atoms with Crippen LogP contribution in [0.25, 0.3) is 21.9 Å². The fourth-order valence-corrected chi connectivity index (χ4v) is 4.44. The van der Waals surface area contributed by atoms with Gasteiger partial charge < -0.3 is 9.47 Å². The first-order valence-corrected chi connectivity index (χ1v) is 10.5. The van der Waals surface area contributed by atoms with Crippen LogP contribution in [-0.2, 0) is 13.0 Å². The van der Waals surface area contributed by atoms with E-state index in [1.807, 2.05) is 24.3 Å². The number of fused-ring (bicyclic) bond motifs is 2. The number of aryl methyl sites for hydroxylation is 1. The van der Waals surface area contributed by atoms with Gasteiger partial charge in [0.1, 0.15) is 10.7 Å². The molecule has 2 aromatic heterocycles. The maximum absolute atomic E-state index is 12.9. The molecule has 0 bridgehead atoms. The van der Waals surface area contributed by atoms with Crippen LogP contribution in [-0.4, -0.2) is 23.3 Å². The molecule has 0 N–H and O–H groups in total. The second kappa shape index (κ2) is 7.80. The topological polar surface area (TPSA) is 53.4 Å². The molecule has 0 radical (unpaired) electrons. The third-order valence-electron chi connectivity index (χ3n) is 4.93. The zero-order valence-corrected chi connectivity index (χ0v) is 17.3. The van der Waals surface area contributed by atoms with Crippen LogP contribution in [0.2, 0.25) is 0 Å². The Morgan fingerprint density at radius 3 is 2.86 bits per heavy atom. The molecule has 0 amide bonds. The molecule has 146 valence electrons. The minimum atomic E-state index is 0.0697. The fraction of sp³-hybridized carbons (Fsp3) is 0.364. The lowest BCUT2D eigenvalue weighted by molar-refractivity contribution is 0.294. The molecule has 28 heavy (non-hydrogen) atoms. The van der Waals surface area contributed by atoms with E-state index in [0.717, 1.165) is 52.2 Å². The van der Waals surface area contributed by atoms with E-state index in [9.17, 15) is 4.79 Å². The molecular weight excluding hydrogens is 372 g/mol. The highest BCUT2D eigenvalue weighted by Gasteiger charge is 2.22. The second-order valence-corrected chi connectivity index (χ2v) is 7.97. The largest absolute Gasteiger partial charge is 0.493 e. The summed E-state index contributed by atoms with van der Waals surface area (Å²) in [6.45, 7) is 5.51. The number of ether oxygens (including phenoxy) is 2. The van der Waals surface area contributed by atoms with Crippen molar-refractivity contribution >= 4 is 33.2 Å². The van der Waals surface area contributed by atoms with Crippen molar-refractivity contribution in [3.05, 3.63) is 50.9 Å². The summed E-state index contributed by atoms with van der Waals surface area (Å²) in [6.07, 6.45) is 4.77. The third-order valence-corrected chi connectivity index (χ3v) is 6.11. The summed E-state index contributed by atoms with van der Waals surface area (Å²) >= 11 is 1.61. The number of rotatable bonds is 6. The highest BCUT2D eigenvalue weighted by atomic mass is 32.1. The summed E-state index contributed by atoms with van der Waals surface area (Å²) in [6, 6.07) is 7.91. The van der Waals surface area contributed by atoms with E-state index < -0.39 is 0 Å². The minimum absolute atomic E-state index is 0.0697. The van der Waals surface area contributed by atoms with Crippen LogP contribution in [0.4, 0.5) is 0 Å². The molecule has 0 atom stereocenters. The minimum Gasteiger partial charge on any atom is -0.493 e. The highest BCUT2D eigenvalue weighted by Crippen LogP contribution is 2.33. The summed E-state index contributed by atoms with van der Waals surface area (Å²) in [5.41, 5.74) is 2.16. The van der Waals surface area contributed by atoms with Gasteiger partial charge in [-0.3, -0.25) is 9.36 Å². The van der Waals surface area contributed by atoms with Crippen LogP contribution in [0.3, 0.4) is 0 Å². The van der Waals surface area contributed by atoms with Crippen molar-refractivity contribution in [3.63, 3.8) is 0 Å². The van der Waals surface area contributed by atoms with Gasteiger partial charge in [0, 0.05) is 11.4 Å². The zero-order valence-electron chi connectivity index (χ0n) is 16.4. The van der Waals surface area contributed by atoms with E-state index in [4.69, 9.17) is 14.5 Å². The normalized spacial score (nSPS) is 14.6. The van der Waals surface area contributed by atoms with Gasteiger partial charge in [0.25, 0.3) is 5.56 Å². The Kier molecular flexibility index (Phi) is 5.22. The number of hydrogen-bond acceptors (Lipinski definition) is 5. The number of hydrogen-bond donors (Lipinski definition) is 0. The van der Waals surface area contributed by atoms with Crippen molar-refractivity contribution in [1.82, 2.24) is 9.55 Å². The number of methoxy groups -OCH3 is 1. The van der Waals surface area contributed by atoms with E-state index in [2.05, 4.69) is 19.9 Å². The van der Waals surface area contributed by atoms with Crippen LogP contribution < -0.4 is 15.0 Å². The van der Waals surface area contributed by atoms with Gasteiger partial charge in [0.05, 0.1) is 19.1 Å². The predicted octanol–water partition coefficient (Wildman–Crippen LogP) is 4.76. The van der Waals surface area contributed by atoms with E-state index in [-0.39, 0.29) is 5.56 Å². The van der Waals surface area contributed by atoms with Crippen molar-refractivity contribution < 1.29 is 9.47 Å². The van der Waals surface area contributed by atoms with Crippen LogP contribution >= 0.6 is 11.3 Å². The molecule has 0 aliphatic carbocycles. The van der Waals surface area contributed by atoms with E-state index in [0.29, 0.717) is 18.9 Å². The number of allylic oxidation sites excluding steroid dienone is 1. The van der Waals surface area contributed by atoms with Crippen molar-refractivity contribution in [2.24, 2.45) is 0 Å². The first kappa shape index (κ1) is 18.7. The summed E-state index contributed by atoms with van der Waals surface area (Å²) in [5.74, 6) is 2.25. The molecule has 1 aromatic carbocycles. The van der Waals surface area contributed by atoms with Crippen molar-refractivity contribution in [1.29, 1.82) is 0 Å². The summed E-state index contributed by atoms with van der Waals surface area (Å²) in [7, 11) is 1.65. The van der Waals surface area contributed by atoms with Gasteiger partial charge in [-0.2, -0.15) is 0 Å². The van der Waals surface area contributed by atoms with Crippen LogP contribution in [0.1, 0.15) is 43.0 Å².